The lowest BCUT2D eigenvalue weighted by Gasteiger charge is -1.86. The van der Waals surface area contributed by atoms with Gasteiger partial charge in [-0.25, -0.2) is 0 Å². The molecule has 1 radical (unpaired) electrons. The second kappa shape index (κ2) is 1.98. The van der Waals surface area contributed by atoms with Crippen molar-refractivity contribution in [2.75, 3.05) is 0 Å². The highest BCUT2D eigenvalue weighted by Crippen LogP contribution is 2.00. The molecule has 0 aliphatic carbocycles. The minimum atomic E-state index is 0.831. The summed E-state index contributed by atoms with van der Waals surface area (Å²) in [4.78, 5) is 0. The van der Waals surface area contributed by atoms with Crippen LogP contribution < -0.4 is 5.43 Å². The second-order valence-corrected chi connectivity index (χ2v) is 1.89. The van der Waals surface area contributed by atoms with Gasteiger partial charge in [0.2, 0.25) is 0 Å². The van der Waals surface area contributed by atoms with Gasteiger partial charge in [0.25, 0.3) is 0 Å². The predicted octanol–water partition coefficient (Wildman–Crippen LogP) is 0.245. The molecule has 0 unspecified atom stereocenters. The van der Waals surface area contributed by atoms with Crippen LogP contribution >= 0.6 is 0 Å². The van der Waals surface area contributed by atoms with Crippen LogP contribution in [0.1, 0.15) is 5.69 Å². The average Bonchev–Trinajstić information content (AvgIpc) is 2.59. The summed E-state index contributed by atoms with van der Waals surface area (Å²) in [6.45, 7) is 0. The van der Waals surface area contributed by atoms with Gasteiger partial charge in [-0.1, -0.05) is 0 Å². The molecule has 4 nitrogen and oxygen atoms in total. The molecule has 0 atom stereocenters. The summed E-state index contributed by atoms with van der Waals surface area (Å²) >= 11 is 0. The van der Waals surface area contributed by atoms with Crippen molar-refractivity contribution in [3.63, 3.8) is 0 Å². The number of nitrogens with zero attached hydrogens (tertiary/aromatic N) is 3. The third-order valence-corrected chi connectivity index (χ3v) is 1.24. The number of hydrogen-bond donors (Lipinski definition) is 1. The Morgan fingerprint density at radius 2 is 2.40 bits per heavy atom. The van der Waals surface area contributed by atoms with Crippen LogP contribution in [0.4, 0.5) is 0 Å². The third kappa shape index (κ3) is 0.699. The van der Waals surface area contributed by atoms with Crippen LogP contribution in [0.25, 0.3) is 0 Å². The molecule has 1 aliphatic rings. The Bertz CT molecular complexity index is 270. The Balaban J connectivity index is 2.36. The minimum Gasteiger partial charge on any atom is -0.276 e. The van der Waals surface area contributed by atoms with Gasteiger partial charge in [-0.2, -0.15) is 10.5 Å². The molecule has 0 bridgehead atoms. The van der Waals surface area contributed by atoms with Gasteiger partial charge in [-0.15, -0.1) is 5.10 Å². The first-order valence-corrected chi connectivity index (χ1v) is 2.91. The fourth-order valence-electron chi connectivity index (χ4n) is 0.775. The normalized spacial score (nSPS) is 15.0. The molecule has 1 N–H and O–H groups in total. The van der Waals surface area contributed by atoms with Crippen LogP contribution in [0, 0.1) is 0 Å². The molecule has 0 saturated heterocycles. The number of aromatic nitrogens is 2. The van der Waals surface area contributed by atoms with Crippen molar-refractivity contribution in [2.24, 2.45) is 5.10 Å². The fraction of sp³-hybridized carbons (Fsp3) is 0. The maximum Gasteiger partial charge on any atom is 0.112 e. The summed E-state index contributed by atoms with van der Waals surface area (Å²) in [7, 11) is 0. The van der Waals surface area contributed by atoms with Crippen molar-refractivity contribution in [1.82, 2.24) is 15.6 Å². The second-order valence-electron chi connectivity index (χ2n) is 1.89. The highest BCUT2D eigenvalue weighted by atomic mass is 15.3. The largest absolute Gasteiger partial charge is 0.276 e. The monoisotopic (exact) mass is 133 g/mol. The SMILES string of the molecule is C1=CC(c2ccn[nH]2)=N[N]1. The van der Waals surface area contributed by atoms with Gasteiger partial charge >= 0.3 is 0 Å². The van der Waals surface area contributed by atoms with Crippen molar-refractivity contribution in [3.8, 4) is 0 Å². The minimum absolute atomic E-state index is 0.831. The molecule has 2 heterocycles. The molecule has 10 heavy (non-hydrogen) atoms. The van der Waals surface area contributed by atoms with E-state index in [0.29, 0.717) is 0 Å². The van der Waals surface area contributed by atoms with E-state index in [1.165, 1.54) is 0 Å². The standard InChI is InChI=1S/C6H5N4/c1-3-7-9-5(1)6-2-4-8-10-6/h1-4H,(H,7,9). The van der Waals surface area contributed by atoms with E-state index in [1.54, 1.807) is 12.4 Å². The maximum absolute atomic E-state index is 3.84. The maximum atomic E-state index is 3.84. The Kier molecular flexibility index (Phi) is 1.04. The number of nitrogens with one attached hydrogen (secondary N) is 1. The van der Waals surface area contributed by atoms with E-state index >= 15 is 0 Å². The van der Waals surface area contributed by atoms with Gasteiger partial charge in [-0.05, 0) is 12.1 Å². The molecule has 49 valence electrons. The van der Waals surface area contributed by atoms with E-state index in [0.717, 1.165) is 11.4 Å². The first-order chi connectivity index (χ1) is 4.97. The quantitative estimate of drug-likeness (QED) is 0.586. The highest BCUT2D eigenvalue weighted by molar-refractivity contribution is 6.07. The van der Waals surface area contributed by atoms with E-state index < -0.39 is 0 Å². The van der Waals surface area contributed by atoms with E-state index in [2.05, 4.69) is 20.7 Å². The topological polar surface area (TPSA) is 55.1 Å². The number of H-pyrrole nitrogens is 1. The van der Waals surface area contributed by atoms with Crippen molar-refractivity contribution in [2.45, 2.75) is 0 Å². The van der Waals surface area contributed by atoms with Crippen molar-refractivity contribution >= 4 is 5.71 Å². The van der Waals surface area contributed by atoms with Crippen LogP contribution in [0.2, 0.25) is 0 Å². The lowest BCUT2D eigenvalue weighted by Crippen LogP contribution is -1.94. The summed E-state index contributed by atoms with van der Waals surface area (Å²) in [6, 6.07) is 1.85. The van der Waals surface area contributed by atoms with Crippen LogP contribution in [-0.2, 0) is 0 Å². The van der Waals surface area contributed by atoms with Crippen molar-refractivity contribution in [1.29, 1.82) is 0 Å². The molecular weight excluding hydrogens is 128 g/mol. The van der Waals surface area contributed by atoms with Gasteiger partial charge in [-0.3, -0.25) is 5.10 Å². The summed E-state index contributed by atoms with van der Waals surface area (Å²) in [5.41, 5.74) is 5.41. The first-order valence-electron chi connectivity index (χ1n) is 2.91. The average molecular weight is 133 g/mol. The smallest absolute Gasteiger partial charge is 0.112 e. The lowest BCUT2D eigenvalue weighted by molar-refractivity contribution is 0.969. The fourth-order valence-corrected chi connectivity index (χ4v) is 0.775. The van der Waals surface area contributed by atoms with Gasteiger partial charge in [0.05, 0.1) is 11.9 Å². The van der Waals surface area contributed by atoms with Crippen molar-refractivity contribution in [3.05, 3.63) is 30.2 Å². The Labute approximate surface area is 57.6 Å². The Hall–Kier alpha value is -1.58. The zero-order valence-electron chi connectivity index (χ0n) is 5.15. The number of rotatable bonds is 1. The molecule has 1 aromatic heterocycles. The zero-order valence-corrected chi connectivity index (χ0v) is 5.15. The van der Waals surface area contributed by atoms with Gasteiger partial charge in [0.1, 0.15) is 5.71 Å². The van der Waals surface area contributed by atoms with E-state index in [4.69, 9.17) is 0 Å². The highest BCUT2D eigenvalue weighted by Gasteiger charge is 2.03. The Morgan fingerprint density at radius 1 is 1.40 bits per heavy atom. The predicted molar refractivity (Wildman–Crippen MR) is 36.4 cm³/mol. The van der Waals surface area contributed by atoms with Crippen LogP contribution in [0.15, 0.2) is 29.6 Å². The van der Waals surface area contributed by atoms with Gasteiger partial charge in [0.15, 0.2) is 0 Å². The van der Waals surface area contributed by atoms with Crippen LogP contribution in [0.3, 0.4) is 0 Å². The molecule has 2 rings (SSSR count). The number of hydrogen-bond acceptors (Lipinski definition) is 2. The molecule has 4 heteroatoms. The first kappa shape index (κ1) is 5.22. The lowest BCUT2D eigenvalue weighted by atomic mass is 10.3. The molecule has 1 aliphatic heterocycles. The molecule has 0 saturated carbocycles. The molecule has 1 aromatic rings. The van der Waals surface area contributed by atoms with Crippen LogP contribution in [-0.4, -0.2) is 15.9 Å². The summed E-state index contributed by atoms with van der Waals surface area (Å²) < 4.78 is 0. The summed E-state index contributed by atoms with van der Waals surface area (Å²) in [6.07, 6.45) is 5.16. The Morgan fingerprint density at radius 3 is 3.00 bits per heavy atom. The molecular formula is C6H5N4. The van der Waals surface area contributed by atoms with Gasteiger partial charge < -0.3 is 0 Å². The number of aromatic amines is 1. The summed E-state index contributed by atoms with van der Waals surface area (Å²) in [5.74, 6) is 0. The van der Waals surface area contributed by atoms with Crippen molar-refractivity contribution < 1.29 is 0 Å². The molecule has 0 aromatic carbocycles. The zero-order chi connectivity index (χ0) is 6.81. The molecule has 0 spiro atoms. The van der Waals surface area contributed by atoms with Crippen LogP contribution in [0.5, 0.6) is 0 Å². The third-order valence-electron chi connectivity index (χ3n) is 1.24. The number of allylic oxidation sites excluding steroid dienone is 1. The van der Waals surface area contributed by atoms with E-state index in [1.807, 2.05) is 12.1 Å². The molecule has 0 fully saturated rings. The van der Waals surface area contributed by atoms with E-state index in [9.17, 15) is 0 Å². The van der Waals surface area contributed by atoms with E-state index in [-0.39, 0.29) is 0 Å². The summed E-state index contributed by atoms with van der Waals surface area (Å²) in [5, 5.41) is 10.4. The molecule has 0 amide bonds. The van der Waals surface area contributed by atoms with Gasteiger partial charge in [0, 0.05) is 6.20 Å².